The van der Waals surface area contributed by atoms with Gasteiger partial charge in [-0.05, 0) is 47.7 Å². The van der Waals surface area contributed by atoms with E-state index in [-0.39, 0.29) is 12.4 Å². The first-order valence-electron chi connectivity index (χ1n) is 8.38. The first kappa shape index (κ1) is 19.8. The van der Waals surface area contributed by atoms with Crippen LogP contribution >= 0.6 is 0 Å². The van der Waals surface area contributed by atoms with Crippen LogP contribution in [0.3, 0.4) is 0 Å². The van der Waals surface area contributed by atoms with Crippen LogP contribution in [0.15, 0.2) is 30.5 Å². The molecule has 1 aliphatic rings. The van der Waals surface area contributed by atoms with Crippen molar-refractivity contribution in [3.05, 3.63) is 58.8 Å². The summed E-state index contributed by atoms with van der Waals surface area (Å²) in [6.07, 6.45) is -2.18. The van der Waals surface area contributed by atoms with Gasteiger partial charge in [-0.1, -0.05) is 0 Å². The van der Waals surface area contributed by atoms with E-state index in [1.54, 1.807) is 0 Å². The number of fused-ring (bicyclic) bond motifs is 1. The SMILES string of the molecule is O=C(NCc1ccnc(OCC(F)(F)F)c1)NC1CCc2cc(F)c(F)cc21. The zero-order valence-corrected chi connectivity index (χ0v) is 14.4. The van der Waals surface area contributed by atoms with E-state index in [1.807, 2.05) is 0 Å². The van der Waals surface area contributed by atoms with Gasteiger partial charge in [0.1, 0.15) is 0 Å². The van der Waals surface area contributed by atoms with E-state index < -0.39 is 36.5 Å². The number of amides is 2. The Bertz CT molecular complexity index is 873. The van der Waals surface area contributed by atoms with E-state index >= 15 is 0 Å². The Morgan fingerprint density at radius 3 is 2.71 bits per heavy atom. The Morgan fingerprint density at radius 2 is 1.96 bits per heavy atom. The Balaban J connectivity index is 1.54. The molecule has 5 nitrogen and oxygen atoms in total. The van der Waals surface area contributed by atoms with Crippen LogP contribution < -0.4 is 15.4 Å². The van der Waals surface area contributed by atoms with E-state index in [9.17, 15) is 26.7 Å². The molecule has 0 bridgehead atoms. The molecule has 0 saturated carbocycles. The summed E-state index contributed by atoms with van der Waals surface area (Å²) < 4.78 is 67.8. The van der Waals surface area contributed by atoms with E-state index in [2.05, 4.69) is 20.4 Å². The van der Waals surface area contributed by atoms with Crippen molar-refractivity contribution in [3.63, 3.8) is 0 Å². The highest BCUT2D eigenvalue weighted by Gasteiger charge is 2.29. The molecule has 2 aromatic rings. The topological polar surface area (TPSA) is 63.2 Å². The monoisotopic (exact) mass is 401 g/mol. The van der Waals surface area contributed by atoms with Gasteiger partial charge in [0.05, 0.1) is 6.04 Å². The molecular formula is C18H16F5N3O2. The maximum absolute atomic E-state index is 13.4. The second kappa shape index (κ2) is 7.99. The number of benzene rings is 1. The van der Waals surface area contributed by atoms with Crippen molar-refractivity contribution >= 4 is 6.03 Å². The maximum atomic E-state index is 13.4. The molecule has 28 heavy (non-hydrogen) atoms. The third-order valence-electron chi connectivity index (χ3n) is 4.20. The average Bonchev–Trinajstić information content (AvgIpc) is 3.00. The fourth-order valence-electron chi connectivity index (χ4n) is 2.94. The number of ether oxygens (including phenoxy) is 1. The highest BCUT2D eigenvalue weighted by atomic mass is 19.4. The van der Waals surface area contributed by atoms with E-state index in [0.717, 1.165) is 12.1 Å². The van der Waals surface area contributed by atoms with Crippen LogP contribution in [0.4, 0.5) is 26.7 Å². The predicted molar refractivity (Wildman–Crippen MR) is 88.6 cm³/mol. The average molecular weight is 401 g/mol. The van der Waals surface area contributed by atoms with Gasteiger partial charge in [-0.2, -0.15) is 13.2 Å². The summed E-state index contributed by atoms with van der Waals surface area (Å²) in [6, 6.07) is 4.02. The van der Waals surface area contributed by atoms with Gasteiger partial charge in [0.25, 0.3) is 0 Å². The molecule has 0 aliphatic heterocycles. The molecule has 0 spiro atoms. The molecule has 1 atom stereocenters. The molecule has 1 aromatic heterocycles. The number of urea groups is 1. The normalized spacial score (nSPS) is 15.8. The largest absolute Gasteiger partial charge is 0.468 e. The number of hydrogen-bond donors (Lipinski definition) is 2. The smallest absolute Gasteiger partial charge is 0.422 e. The third kappa shape index (κ3) is 5.08. The lowest BCUT2D eigenvalue weighted by molar-refractivity contribution is -0.154. The van der Waals surface area contributed by atoms with Crippen molar-refractivity contribution in [2.24, 2.45) is 0 Å². The first-order chi connectivity index (χ1) is 13.2. The van der Waals surface area contributed by atoms with Crippen LogP contribution in [0.2, 0.25) is 0 Å². The minimum absolute atomic E-state index is 0.0219. The van der Waals surface area contributed by atoms with Crippen LogP contribution in [-0.4, -0.2) is 23.8 Å². The van der Waals surface area contributed by atoms with Crippen molar-refractivity contribution in [3.8, 4) is 5.88 Å². The Hall–Kier alpha value is -2.91. The van der Waals surface area contributed by atoms with Gasteiger partial charge < -0.3 is 15.4 Å². The summed E-state index contributed by atoms with van der Waals surface area (Å²) in [4.78, 5) is 15.8. The summed E-state index contributed by atoms with van der Waals surface area (Å²) >= 11 is 0. The molecule has 3 rings (SSSR count). The second-order valence-electron chi connectivity index (χ2n) is 6.29. The van der Waals surface area contributed by atoms with Crippen molar-refractivity contribution in [1.29, 1.82) is 0 Å². The van der Waals surface area contributed by atoms with Crippen LogP contribution in [-0.2, 0) is 13.0 Å². The lowest BCUT2D eigenvalue weighted by Gasteiger charge is -2.15. The molecule has 1 aromatic carbocycles. The fraction of sp³-hybridized carbons (Fsp3) is 0.333. The number of carbonyl (C=O) groups is 1. The molecule has 1 unspecified atom stereocenters. The van der Waals surface area contributed by atoms with E-state index in [4.69, 9.17) is 0 Å². The number of nitrogens with zero attached hydrogens (tertiary/aromatic N) is 1. The van der Waals surface area contributed by atoms with Crippen molar-refractivity contribution in [1.82, 2.24) is 15.6 Å². The van der Waals surface area contributed by atoms with Gasteiger partial charge in [0, 0.05) is 18.8 Å². The van der Waals surface area contributed by atoms with E-state index in [1.165, 1.54) is 18.3 Å². The summed E-state index contributed by atoms with van der Waals surface area (Å²) in [5, 5.41) is 5.24. The highest BCUT2D eigenvalue weighted by Crippen LogP contribution is 2.32. The molecule has 2 amide bonds. The van der Waals surface area contributed by atoms with Crippen molar-refractivity contribution < 1.29 is 31.5 Å². The molecule has 2 N–H and O–H groups in total. The highest BCUT2D eigenvalue weighted by molar-refractivity contribution is 5.74. The van der Waals surface area contributed by atoms with Crippen LogP contribution in [0, 0.1) is 11.6 Å². The molecule has 1 aliphatic carbocycles. The second-order valence-corrected chi connectivity index (χ2v) is 6.29. The van der Waals surface area contributed by atoms with E-state index in [0.29, 0.717) is 29.5 Å². The summed E-state index contributed by atoms with van der Waals surface area (Å²) in [5.41, 5.74) is 1.66. The van der Waals surface area contributed by atoms with Gasteiger partial charge in [-0.25, -0.2) is 18.6 Å². The Kier molecular flexibility index (Phi) is 5.66. The number of rotatable bonds is 5. The molecular weight excluding hydrogens is 385 g/mol. The number of aromatic nitrogens is 1. The molecule has 0 radical (unpaired) electrons. The standard InChI is InChI=1S/C18H16F5N3O2/c19-13-6-11-1-2-15(12(11)7-14(13)20)26-17(27)25-8-10-3-4-24-16(5-10)28-9-18(21,22)23/h3-7,15H,1-2,8-9H2,(H2,25,26,27). The van der Waals surface area contributed by atoms with Crippen molar-refractivity contribution in [2.75, 3.05) is 6.61 Å². The Morgan fingerprint density at radius 1 is 1.21 bits per heavy atom. The fourth-order valence-corrected chi connectivity index (χ4v) is 2.94. The van der Waals surface area contributed by atoms with Gasteiger partial charge in [0.2, 0.25) is 5.88 Å². The van der Waals surface area contributed by atoms with Crippen molar-refractivity contribution in [2.45, 2.75) is 31.6 Å². The minimum Gasteiger partial charge on any atom is -0.468 e. The lowest BCUT2D eigenvalue weighted by atomic mass is 10.1. The lowest BCUT2D eigenvalue weighted by Crippen LogP contribution is -2.37. The van der Waals surface area contributed by atoms with Gasteiger partial charge >= 0.3 is 12.2 Å². The molecule has 0 fully saturated rings. The zero-order valence-electron chi connectivity index (χ0n) is 14.4. The third-order valence-corrected chi connectivity index (χ3v) is 4.20. The molecule has 10 heteroatoms. The van der Waals surface area contributed by atoms with Gasteiger partial charge in [-0.3, -0.25) is 0 Å². The number of hydrogen-bond acceptors (Lipinski definition) is 3. The van der Waals surface area contributed by atoms with Gasteiger partial charge in [0.15, 0.2) is 18.2 Å². The Labute approximate surface area is 156 Å². The number of halogens is 5. The number of alkyl halides is 3. The van der Waals surface area contributed by atoms with Crippen LogP contribution in [0.25, 0.3) is 0 Å². The summed E-state index contributed by atoms with van der Waals surface area (Å²) in [5.74, 6) is -2.11. The quantitative estimate of drug-likeness (QED) is 0.750. The molecule has 0 saturated heterocycles. The predicted octanol–water partition coefficient (Wildman–Crippen LogP) is 3.79. The maximum Gasteiger partial charge on any atom is 0.422 e. The minimum atomic E-state index is -4.48. The molecule has 150 valence electrons. The first-order valence-corrected chi connectivity index (χ1v) is 8.38. The number of aryl methyl sites for hydroxylation is 1. The van der Waals surface area contributed by atoms with Crippen LogP contribution in [0.5, 0.6) is 5.88 Å². The number of carbonyl (C=O) groups excluding carboxylic acids is 1. The zero-order chi connectivity index (χ0) is 20.3. The number of nitrogens with one attached hydrogen (secondary N) is 2. The summed E-state index contributed by atoms with van der Waals surface area (Å²) in [7, 11) is 0. The van der Waals surface area contributed by atoms with Crippen LogP contribution in [0.1, 0.15) is 29.2 Å². The molecule has 1 heterocycles. The summed E-state index contributed by atoms with van der Waals surface area (Å²) in [6.45, 7) is -1.44. The number of pyridine rings is 1. The van der Waals surface area contributed by atoms with Gasteiger partial charge in [-0.15, -0.1) is 0 Å².